The minimum Gasteiger partial charge on any atom is -0.379 e. The molecule has 148 valence electrons. The number of hydrogen-bond donors (Lipinski definition) is 1. The van der Waals surface area contributed by atoms with E-state index in [-0.39, 0.29) is 11.9 Å². The van der Waals surface area contributed by atoms with Crippen molar-refractivity contribution in [2.45, 2.75) is 19.9 Å². The van der Waals surface area contributed by atoms with Crippen molar-refractivity contribution in [1.82, 2.24) is 20.0 Å². The van der Waals surface area contributed by atoms with Gasteiger partial charge in [-0.05, 0) is 25.5 Å². The average Bonchev–Trinajstić information content (AvgIpc) is 3.24. The summed E-state index contributed by atoms with van der Waals surface area (Å²) in [5, 5.41) is 8.74. The number of nitrogens with zero attached hydrogens (tertiary/aromatic N) is 3. The van der Waals surface area contributed by atoms with E-state index < -0.39 is 0 Å². The van der Waals surface area contributed by atoms with Crippen molar-refractivity contribution in [2.24, 2.45) is 7.05 Å². The Morgan fingerprint density at radius 3 is 2.64 bits per heavy atom. The zero-order valence-corrected chi connectivity index (χ0v) is 17.4. The van der Waals surface area contributed by atoms with Gasteiger partial charge in [0.25, 0.3) is 5.91 Å². The fourth-order valence-electron chi connectivity index (χ4n) is 3.62. The van der Waals surface area contributed by atoms with Crippen LogP contribution in [-0.2, 0) is 11.8 Å². The number of rotatable bonds is 5. The zero-order valence-electron chi connectivity index (χ0n) is 16.6. The minimum atomic E-state index is -0.0596. The van der Waals surface area contributed by atoms with E-state index in [4.69, 9.17) is 4.74 Å². The second-order valence-corrected chi connectivity index (χ2v) is 8.42. The third-order valence-corrected chi connectivity index (χ3v) is 6.45. The molecule has 1 atom stereocenters. The first-order valence-corrected chi connectivity index (χ1v) is 10.4. The molecule has 1 unspecified atom stereocenters. The van der Waals surface area contributed by atoms with Crippen molar-refractivity contribution in [3.8, 4) is 0 Å². The smallest absolute Gasteiger partial charge is 0.261 e. The molecule has 1 amide bonds. The van der Waals surface area contributed by atoms with Gasteiger partial charge in [0.2, 0.25) is 0 Å². The van der Waals surface area contributed by atoms with Crippen molar-refractivity contribution in [3.63, 3.8) is 0 Å². The first-order chi connectivity index (χ1) is 13.5. The molecular formula is C21H26N4O2S. The lowest BCUT2D eigenvalue weighted by Gasteiger charge is -2.31. The monoisotopic (exact) mass is 398 g/mol. The molecule has 7 heteroatoms. The number of carbonyl (C=O) groups is 1. The number of benzene rings is 1. The molecule has 1 aliphatic rings. The summed E-state index contributed by atoms with van der Waals surface area (Å²) in [6.07, 6.45) is 0. The Morgan fingerprint density at radius 1 is 1.25 bits per heavy atom. The number of aromatic nitrogens is 2. The molecule has 1 saturated heterocycles. The summed E-state index contributed by atoms with van der Waals surface area (Å²) < 4.78 is 7.31. The van der Waals surface area contributed by atoms with Crippen LogP contribution in [0.2, 0.25) is 0 Å². The van der Waals surface area contributed by atoms with Gasteiger partial charge in [0, 0.05) is 32.1 Å². The normalized spacial score (nSPS) is 16.4. The van der Waals surface area contributed by atoms with E-state index in [9.17, 15) is 4.79 Å². The number of ether oxygens (including phenoxy) is 1. The van der Waals surface area contributed by atoms with Crippen LogP contribution < -0.4 is 5.32 Å². The van der Waals surface area contributed by atoms with Gasteiger partial charge in [-0.15, -0.1) is 11.3 Å². The van der Waals surface area contributed by atoms with Gasteiger partial charge < -0.3 is 10.1 Å². The van der Waals surface area contributed by atoms with Crippen molar-refractivity contribution in [2.75, 3.05) is 32.8 Å². The zero-order chi connectivity index (χ0) is 19.7. The molecule has 3 heterocycles. The molecule has 28 heavy (non-hydrogen) atoms. The van der Waals surface area contributed by atoms with Gasteiger partial charge in [-0.3, -0.25) is 14.4 Å². The summed E-state index contributed by atoms with van der Waals surface area (Å²) in [6, 6.07) is 10.3. The third-order valence-electron chi connectivity index (χ3n) is 5.25. The number of thiophene rings is 1. The number of fused-ring (bicyclic) bond motifs is 1. The van der Waals surface area contributed by atoms with Crippen LogP contribution in [0.25, 0.3) is 10.2 Å². The predicted octanol–water partition coefficient (Wildman–Crippen LogP) is 3.05. The third kappa shape index (κ3) is 3.97. The lowest BCUT2D eigenvalue weighted by Crippen LogP contribution is -2.43. The summed E-state index contributed by atoms with van der Waals surface area (Å²) in [4.78, 5) is 17.2. The summed E-state index contributed by atoms with van der Waals surface area (Å²) in [5.74, 6) is -0.0283. The molecule has 2 aromatic heterocycles. The Labute approximate surface area is 169 Å². The van der Waals surface area contributed by atoms with Gasteiger partial charge in [0.1, 0.15) is 4.83 Å². The number of morpholine rings is 1. The lowest BCUT2D eigenvalue weighted by molar-refractivity contribution is 0.0332. The molecule has 0 saturated carbocycles. The lowest BCUT2D eigenvalue weighted by atomic mass is 10.0. The molecule has 1 fully saturated rings. The number of nitrogens with one attached hydrogen (secondary N) is 1. The number of hydrogen-bond acceptors (Lipinski definition) is 5. The Morgan fingerprint density at radius 2 is 1.96 bits per heavy atom. The SMILES string of the molecule is Cc1ccc(C(CN2CCOCC2)NC(=O)c2cc3c(C)nn(C)c3s2)cc1. The van der Waals surface area contributed by atoms with Gasteiger partial charge in [-0.1, -0.05) is 29.8 Å². The number of carbonyl (C=O) groups excluding carboxylic acids is 1. The highest BCUT2D eigenvalue weighted by Gasteiger charge is 2.22. The maximum absolute atomic E-state index is 13.1. The first kappa shape index (κ1) is 19.1. The fraction of sp³-hybridized carbons (Fsp3) is 0.429. The Bertz CT molecular complexity index is 936. The quantitative estimate of drug-likeness (QED) is 0.718. The molecule has 1 N–H and O–H groups in total. The highest BCUT2D eigenvalue weighted by Crippen LogP contribution is 2.28. The van der Waals surface area contributed by atoms with Crippen LogP contribution in [0.15, 0.2) is 30.3 Å². The van der Waals surface area contributed by atoms with Gasteiger partial charge >= 0.3 is 0 Å². The molecule has 0 radical (unpaired) electrons. The van der Waals surface area contributed by atoms with Crippen molar-refractivity contribution in [1.29, 1.82) is 0 Å². The minimum absolute atomic E-state index is 0.0283. The van der Waals surface area contributed by atoms with Crippen LogP contribution in [0.3, 0.4) is 0 Å². The molecule has 0 aliphatic carbocycles. The average molecular weight is 399 g/mol. The predicted molar refractivity (Wildman–Crippen MR) is 112 cm³/mol. The topological polar surface area (TPSA) is 59.4 Å². The van der Waals surface area contributed by atoms with E-state index in [1.54, 1.807) is 0 Å². The number of aryl methyl sites for hydroxylation is 3. The van der Waals surface area contributed by atoms with E-state index in [0.29, 0.717) is 0 Å². The van der Waals surface area contributed by atoms with Gasteiger partial charge in [-0.2, -0.15) is 5.10 Å². The van der Waals surface area contributed by atoms with E-state index in [1.807, 2.05) is 24.7 Å². The van der Waals surface area contributed by atoms with Crippen LogP contribution in [0.5, 0.6) is 0 Å². The Kier molecular flexibility index (Phi) is 5.48. The standard InChI is InChI=1S/C21H26N4O2S/c1-14-4-6-16(7-5-14)18(13-25-8-10-27-11-9-25)22-20(26)19-12-17-15(2)23-24(3)21(17)28-19/h4-7,12,18H,8-11,13H2,1-3H3,(H,22,26). The Hall–Kier alpha value is -2.22. The van der Waals surface area contributed by atoms with Crippen molar-refractivity contribution < 1.29 is 9.53 Å². The molecule has 0 bridgehead atoms. The van der Waals surface area contributed by atoms with Crippen LogP contribution in [0, 0.1) is 13.8 Å². The summed E-state index contributed by atoms with van der Waals surface area (Å²) >= 11 is 1.49. The van der Waals surface area contributed by atoms with E-state index >= 15 is 0 Å². The molecule has 6 nitrogen and oxygen atoms in total. The van der Waals surface area contributed by atoms with Crippen LogP contribution in [0.4, 0.5) is 0 Å². The van der Waals surface area contributed by atoms with Crippen LogP contribution in [0.1, 0.15) is 32.5 Å². The van der Waals surface area contributed by atoms with E-state index in [2.05, 4.69) is 46.5 Å². The van der Waals surface area contributed by atoms with Crippen molar-refractivity contribution in [3.05, 3.63) is 52.0 Å². The van der Waals surface area contributed by atoms with Crippen LogP contribution in [-0.4, -0.2) is 53.4 Å². The summed E-state index contributed by atoms with van der Waals surface area (Å²) in [5.41, 5.74) is 3.30. The van der Waals surface area contributed by atoms with E-state index in [1.165, 1.54) is 16.9 Å². The van der Waals surface area contributed by atoms with Gasteiger partial charge in [0.15, 0.2) is 0 Å². The summed E-state index contributed by atoms with van der Waals surface area (Å²) in [6.45, 7) is 8.12. The molecule has 0 spiro atoms. The molecular weight excluding hydrogens is 372 g/mol. The fourth-order valence-corrected chi connectivity index (χ4v) is 4.65. The highest BCUT2D eigenvalue weighted by molar-refractivity contribution is 7.20. The molecule has 1 aliphatic heterocycles. The molecule has 1 aromatic carbocycles. The molecule has 4 rings (SSSR count). The molecule has 3 aromatic rings. The van der Waals surface area contributed by atoms with Gasteiger partial charge in [0.05, 0.1) is 29.8 Å². The summed E-state index contributed by atoms with van der Waals surface area (Å²) in [7, 11) is 1.92. The highest BCUT2D eigenvalue weighted by atomic mass is 32.1. The second kappa shape index (κ2) is 8.03. The second-order valence-electron chi connectivity index (χ2n) is 7.39. The van der Waals surface area contributed by atoms with Crippen LogP contribution >= 0.6 is 11.3 Å². The van der Waals surface area contributed by atoms with E-state index in [0.717, 1.165) is 59.2 Å². The maximum Gasteiger partial charge on any atom is 0.261 e. The Balaban J connectivity index is 1.56. The van der Waals surface area contributed by atoms with Gasteiger partial charge in [-0.25, -0.2) is 0 Å². The van der Waals surface area contributed by atoms with Crippen molar-refractivity contribution >= 4 is 27.5 Å². The largest absolute Gasteiger partial charge is 0.379 e. The maximum atomic E-state index is 13.1. The number of amides is 1. The first-order valence-electron chi connectivity index (χ1n) is 9.62.